The quantitative estimate of drug-likeness (QED) is 0.876. The Kier molecular flexibility index (Phi) is 5.38. The van der Waals surface area contributed by atoms with Crippen molar-refractivity contribution in [3.05, 3.63) is 47.5 Å². The van der Waals surface area contributed by atoms with E-state index in [1.54, 1.807) is 19.5 Å². The molecule has 1 aliphatic rings. The standard InChI is InChI=1S/C19H25N3O3/c1-13-8-14(2)10-15(9-13)25-7-4-18(23)22-12-16(24-3)11-17(22)19-20-5-6-21-19/h5-6,8-10,16-17H,4,7,11-12H2,1-3H3,(H,20,21)/t16-,17?/m1/s1. The molecular weight excluding hydrogens is 318 g/mol. The highest BCUT2D eigenvalue weighted by Crippen LogP contribution is 2.31. The number of hydrogen-bond donors (Lipinski definition) is 1. The van der Waals surface area contributed by atoms with Gasteiger partial charge < -0.3 is 19.4 Å². The molecule has 2 aromatic rings. The number of nitrogens with zero attached hydrogens (tertiary/aromatic N) is 2. The average Bonchev–Trinajstić information content (AvgIpc) is 3.23. The molecule has 0 radical (unpaired) electrons. The molecular formula is C19H25N3O3. The van der Waals surface area contributed by atoms with Gasteiger partial charge in [-0.3, -0.25) is 4.79 Å². The molecule has 3 rings (SSSR count). The van der Waals surface area contributed by atoms with E-state index in [-0.39, 0.29) is 18.1 Å². The number of aromatic nitrogens is 2. The molecule has 1 amide bonds. The third-order valence-electron chi connectivity index (χ3n) is 4.53. The van der Waals surface area contributed by atoms with Crippen LogP contribution in [0.2, 0.25) is 0 Å². The maximum atomic E-state index is 12.7. The van der Waals surface area contributed by atoms with Gasteiger partial charge in [-0.15, -0.1) is 0 Å². The van der Waals surface area contributed by atoms with Crippen LogP contribution >= 0.6 is 0 Å². The Bertz CT molecular complexity index is 694. The summed E-state index contributed by atoms with van der Waals surface area (Å²) in [6.45, 7) is 5.02. The number of hydrogen-bond acceptors (Lipinski definition) is 4. The lowest BCUT2D eigenvalue weighted by Gasteiger charge is -2.23. The van der Waals surface area contributed by atoms with Gasteiger partial charge in [-0.1, -0.05) is 6.07 Å². The molecule has 134 valence electrons. The highest BCUT2D eigenvalue weighted by molar-refractivity contribution is 5.77. The molecule has 6 heteroatoms. The number of imidazole rings is 1. The predicted octanol–water partition coefficient (Wildman–Crippen LogP) is 2.78. The van der Waals surface area contributed by atoms with Crippen LogP contribution in [0.1, 0.15) is 35.8 Å². The van der Waals surface area contributed by atoms with E-state index >= 15 is 0 Å². The number of amides is 1. The van der Waals surface area contributed by atoms with Crippen LogP contribution in [0.15, 0.2) is 30.6 Å². The van der Waals surface area contributed by atoms with Crippen LogP contribution in [-0.2, 0) is 9.53 Å². The second-order valence-corrected chi connectivity index (χ2v) is 6.55. The second-order valence-electron chi connectivity index (χ2n) is 6.55. The number of aromatic amines is 1. The lowest BCUT2D eigenvalue weighted by molar-refractivity contribution is -0.133. The largest absolute Gasteiger partial charge is 0.493 e. The lowest BCUT2D eigenvalue weighted by atomic mass is 10.1. The molecule has 6 nitrogen and oxygen atoms in total. The molecule has 0 aliphatic carbocycles. The first-order chi connectivity index (χ1) is 12.1. The van der Waals surface area contributed by atoms with E-state index in [0.717, 1.165) is 29.1 Å². The Hall–Kier alpha value is -2.34. The average molecular weight is 343 g/mol. The number of carbonyl (C=O) groups is 1. The van der Waals surface area contributed by atoms with Crippen molar-refractivity contribution in [3.8, 4) is 5.75 Å². The molecule has 0 bridgehead atoms. The van der Waals surface area contributed by atoms with E-state index in [4.69, 9.17) is 9.47 Å². The minimum Gasteiger partial charge on any atom is -0.493 e. The summed E-state index contributed by atoms with van der Waals surface area (Å²) in [4.78, 5) is 22.0. The zero-order valence-electron chi connectivity index (χ0n) is 15.0. The van der Waals surface area contributed by atoms with Gasteiger partial charge >= 0.3 is 0 Å². The molecule has 1 saturated heterocycles. The Balaban J connectivity index is 1.59. The zero-order valence-corrected chi connectivity index (χ0v) is 15.0. The summed E-state index contributed by atoms with van der Waals surface area (Å²) >= 11 is 0. The highest BCUT2D eigenvalue weighted by Gasteiger charge is 2.37. The maximum Gasteiger partial charge on any atom is 0.226 e. The summed E-state index contributed by atoms with van der Waals surface area (Å²) in [7, 11) is 1.68. The van der Waals surface area contributed by atoms with Gasteiger partial charge in [0.15, 0.2) is 0 Å². The van der Waals surface area contributed by atoms with Crippen LogP contribution < -0.4 is 4.74 Å². The van der Waals surface area contributed by atoms with E-state index in [0.29, 0.717) is 19.6 Å². The first kappa shape index (κ1) is 17.5. The Labute approximate surface area is 148 Å². The number of nitrogens with one attached hydrogen (secondary N) is 1. The van der Waals surface area contributed by atoms with Gasteiger partial charge in [0.2, 0.25) is 5.91 Å². The third kappa shape index (κ3) is 4.20. The zero-order chi connectivity index (χ0) is 17.8. The predicted molar refractivity (Wildman–Crippen MR) is 94.5 cm³/mol. The molecule has 1 unspecified atom stereocenters. The first-order valence-corrected chi connectivity index (χ1v) is 8.59. The summed E-state index contributed by atoms with van der Waals surface area (Å²) in [5.41, 5.74) is 2.31. The molecule has 2 heterocycles. The van der Waals surface area contributed by atoms with Gasteiger partial charge in [0.1, 0.15) is 11.6 Å². The Morgan fingerprint density at radius 2 is 2.08 bits per heavy atom. The number of rotatable bonds is 6. The van der Waals surface area contributed by atoms with Gasteiger partial charge in [0.25, 0.3) is 0 Å². The number of methoxy groups -OCH3 is 1. The summed E-state index contributed by atoms with van der Waals surface area (Å²) < 4.78 is 11.2. The topological polar surface area (TPSA) is 67.5 Å². The molecule has 1 N–H and O–H groups in total. The number of ether oxygens (including phenoxy) is 2. The van der Waals surface area contributed by atoms with Crippen LogP contribution in [0.3, 0.4) is 0 Å². The van der Waals surface area contributed by atoms with Crippen LogP contribution in [0.25, 0.3) is 0 Å². The van der Waals surface area contributed by atoms with Crippen LogP contribution in [0, 0.1) is 13.8 Å². The van der Waals surface area contributed by atoms with E-state index < -0.39 is 0 Å². The van der Waals surface area contributed by atoms with Gasteiger partial charge in [-0.2, -0.15) is 0 Å². The Morgan fingerprint density at radius 3 is 2.72 bits per heavy atom. The molecule has 1 fully saturated rings. The maximum absolute atomic E-state index is 12.7. The minimum atomic E-state index is -0.0614. The molecule has 25 heavy (non-hydrogen) atoms. The number of carbonyl (C=O) groups excluding carboxylic acids is 1. The van der Waals surface area contributed by atoms with Crippen molar-refractivity contribution >= 4 is 5.91 Å². The van der Waals surface area contributed by atoms with Crippen LogP contribution in [-0.4, -0.2) is 47.1 Å². The molecule has 1 aromatic carbocycles. The molecule has 0 saturated carbocycles. The smallest absolute Gasteiger partial charge is 0.226 e. The SMILES string of the molecule is CO[C@@H]1CC(c2ncc[nH]2)N(C(=O)CCOc2cc(C)cc(C)c2)C1. The van der Waals surface area contributed by atoms with Crippen molar-refractivity contribution in [2.75, 3.05) is 20.3 Å². The number of benzene rings is 1. The van der Waals surface area contributed by atoms with Crippen molar-refractivity contribution in [2.24, 2.45) is 0 Å². The van der Waals surface area contributed by atoms with Crippen molar-refractivity contribution in [3.63, 3.8) is 0 Å². The van der Waals surface area contributed by atoms with E-state index in [1.807, 2.05) is 30.9 Å². The number of H-pyrrole nitrogens is 1. The summed E-state index contributed by atoms with van der Waals surface area (Å²) in [5, 5.41) is 0. The summed E-state index contributed by atoms with van der Waals surface area (Å²) in [5.74, 6) is 1.68. The van der Waals surface area contributed by atoms with Crippen molar-refractivity contribution in [2.45, 2.75) is 38.8 Å². The molecule has 2 atom stereocenters. The summed E-state index contributed by atoms with van der Waals surface area (Å²) in [6.07, 6.45) is 4.62. The fraction of sp³-hybridized carbons (Fsp3) is 0.474. The van der Waals surface area contributed by atoms with Crippen molar-refractivity contribution in [1.82, 2.24) is 14.9 Å². The number of likely N-dealkylation sites (tertiary alicyclic amines) is 1. The van der Waals surface area contributed by atoms with E-state index in [2.05, 4.69) is 16.0 Å². The molecule has 1 aromatic heterocycles. The monoisotopic (exact) mass is 343 g/mol. The van der Waals surface area contributed by atoms with Gasteiger partial charge in [0.05, 0.1) is 25.2 Å². The second kappa shape index (κ2) is 7.70. The fourth-order valence-electron chi connectivity index (χ4n) is 3.38. The van der Waals surface area contributed by atoms with Crippen molar-refractivity contribution in [1.29, 1.82) is 0 Å². The van der Waals surface area contributed by atoms with Gasteiger partial charge in [-0.25, -0.2) is 4.98 Å². The normalized spacial score (nSPS) is 20.0. The van der Waals surface area contributed by atoms with Crippen LogP contribution in [0.5, 0.6) is 5.75 Å². The van der Waals surface area contributed by atoms with Crippen molar-refractivity contribution < 1.29 is 14.3 Å². The van der Waals surface area contributed by atoms with Gasteiger partial charge in [-0.05, 0) is 37.1 Å². The molecule has 0 spiro atoms. The number of aryl methyl sites for hydroxylation is 2. The lowest BCUT2D eigenvalue weighted by Crippen LogP contribution is -2.33. The van der Waals surface area contributed by atoms with Crippen LogP contribution in [0.4, 0.5) is 0 Å². The minimum absolute atomic E-state index is 0.0411. The molecule has 1 aliphatic heterocycles. The highest BCUT2D eigenvalue weighted by atomic mass is 16.5. The van der Waals surface area contributed by atoms with E-state index in [1.165, 1.54) is 0 Å². The first-order valence-electron chi connectivity index (χ1n) is 8.59. The third-order valence-corrected chi connectivity index (χ3v) is 4.53. The van der Waals surface area contributed by atoms with Gasteiger partial charge in [0, 0.05) is 32.5 Å². The summed E-state index contributed by atoms with van der Waals surface area (Å²) in [6, 6.07) is 6.01. The Morgan fingerprint density at radius 1 is 1.32 bits per heavy atom. The fourth-order valence-corrected chi connectivity index (χ4v) is 3.38. The van der Waals surface area contributed by atoms with E-state index in [9.17, 15) is 4.79 Å².